The minimum Gasteiger partial charge on any atom is -0.368 e. The van der Waals surface area contributed by atoms with Crippen molar-refractivity contribution in [1.82, 2.24) is 19.9 Å². The molecule has 0 aromatic carbocycles. The zero-order valence-corrected chi connectivity index (χ0v) is 13.3. The lowest BCUT2D eigenvalue weighted by Gasteiger charge is -2.07. The molecule has 0 unspecified atom stereocenters. The van der Waals surface area contributed by atoms with Crippen LogP contribution in [0.1, 0.15) is 30.3 Å². The van der Waals surface area contributed by atoms with Gasteiger partial charge >= 0.3 is 0 Å². The molecule has 1 saturated carbocycles. The summed E-state index contributed by atoms with van der Waals surface area (Å²) in [7, 11) is 0. The summed E-state index contributed by atoms with van der Waals surface area (Å²) in [4.78, 5) is 23.2. The predicted octanol–water partition coefficient (Wildman–Crippen LogP) is 0.668. The average molecular weight is 336 g/mol. The lowest BCUT2D eigenvalue weighted by atomic mass is 10.4. The van der Waals surface area contributed by atoms with Crippen molar-refractivity contribution in [2.75, 3.05) is 11.1 Å². The summed E-state index contributed by atoms with van der Waals surface area (Å²) >= 11 is 1.20. The summed E-state index contributed by atoms with van der Waals surface area (Å²) in [5, 5.41) is 15.0. The Hall–Kier alpha value is -2.36. The number of thioether (sulfide) groups is 1. The predicted molar refractivity (Wildman–Crippen MR) is 81.8 cm³/mol. The summed E-state index contributed by atoms with van der Waals surface area (Å²) in [5.74, 6) is 1.49. The molecule has 3 rings (SSSR count). The van der Waals surface area contributed by atoms with Gasteiger partial charge in [-0.25, -0.2) is 0 Å². The molecule has 3 N–H and O–H groups in total. The Kier molecular flexibility index (Phi) is 4.33. The molecule has 0 aliphatic heterocycles. The Bertz CT molecular complexity index is 736. The fourth-order valence-corrected chi connectivity index (χ4v) is 2.83. The molecule has 0 bridgehead atoms. The van der Waals surface area contributed by atoms with Crippen LogP contribution in [0.5, 0.6) is 0 Å². The molecular weight excluding hydrogens is 320 g/mol. The number of nitrogens with zero attached hydrogens (tertiary/aromatic N) is 4. The van der Waals surface area contributed by atoms with Crippen LogP contribution >= 0.6 is 11.8 Å². The molecule has 2 aromatic rings. The first-order chi connectivity index (χ1) is 11.0. The summed E-state index contributed by atoms with van der Waals surface area (Å²) in [5.41, 5.74) is 5.28. The number of rotatable bonds is 7. The molecule has 9 nitrogen and oxygen atoms in total. The Labute approximate surface area is 136 Å². The van der Waals surface area contributed by atoms with E-state index in [1.807, 2.05) is 0 Å². The van der Waals surface area contributed by atoms with E-state index in [1.54, 1.807) is 17.6 Å². The van der Waals surface area contributed by atoms with E-state index < -0.39 is 5.91 Å². The second-order valence-corrected chi connectivity index (χ2v) is 6.27. The molecule has 1 aliphatic carbocycles. The van der Waals surface area contributed by atoms with Crippen molar-refractivity contribution in [3.05, 3.63) is 17.7 Å². The number of hydrogen-bond donors (Lipinski definition) is 2. The molecule has 2 amide bonds. The molecule has 122 valence electrons. The van der Waals surface area contributed by atoms with Crippen LogP contribution in [0.25, 0.3) is 0 Å². The smallest absolute Gasteiger partial charge is 0.237 e. The van der Waals surface area contributed by atoms with Gasteiger partial charge in [0.1, 0.15) is 18.1 Å². The van der Waals surface area contributed by atoms with Gasteiger partial charge < -0.3 is 15.6 Å². The third-order valence-corrected chi connectivity index (χ3v) is 4.20. The maximum Gasteiger partial charge on any atom is 0.237 e. The number of anilines is 1. The van der Waals surface area contributed by atoms with E-state index in [0.29, 0.717) is 22.7 Å². The Balaban J connectivity index is 1.63. The first-order valence-corrected chi connectivity index (χ1v) is 8.09. The van der Waals surface area contributed by atoms with Crippen LogP contribution in [0.15, 0.2) is 15.7 Å². The van der Waals surface area contributed by atoms with E-state index in [1.165, 1.54) is 11.8 Å². The summed E-state index contributed by atoms with van der Waals surface area (Å²) < 4.78 is 6.57. The fraction of sp³-hybridized carbons (Fsp3) is 0.462. The molecule has 1 fully saturated rings. The van der Waals surface area contributed by atoms with Crippen LogP contribution in [0.3, 0.4) is 0 Å². The van der Waals surface area contributed by atoms with Gasteiger partial charge in [0.25, 0.3) is 0 Å². The standard InChI is InChI=1S/C13H16N6O3S/c1-7-4-10(18-22-7)15-11(21)6-23-13-17-16-12(8-2-3-8)19(13)5-9(14)20/h4,8H,2-3,5-6H2,1H3,(H2,14,20)(H,15,18,21). The lowest BCUT2D eigenvalue weighted by Crippen LogP contribution is -2.21. The first kappa shape index (κ1) is 15.5. The Morgan fingerprint density at radius 3 is 2.87 bits per heavy atom. The lowest BCUT2D eigenvalue weighted by molar-refractivity contribution is -0.118. The van der Waals surface area contributed by atoms with Crippen LogP contribution in [-0.4, -0.2) is 37.5 Å². The zero-order valence-electron chi connectivity index (χ0n) is 12.5. The van der Waals surface area contributed by atoms with Crippen molar-refractivity contribution in [3.63, 3.8) is 0 Å². The number of aromatic nitrogens is 4. The van der Waals surface area contributed by atoms with E-state index in [-0.39, 0.29) is 18.2 Å². The molecule has 0 spiro atoms. The number of carbonyl (C=O) groups is 2. The SMILES string of the molecule is Cc1cc(NC(=O)CSc2nnc(C3CC3)n2CC(N)=O)no1. The number of nitrogens with one attached hydrogen (secondary N) is 1. The highest BCUT2D eigenvalue weighted by atomic mass is 32.2. The van der Waals surface area contributed by atoms with Crippen LogP contribution in [0.2, 0.25) is 0 Å². The molecule has 10 heteroatoms. The minimum atomic E-state index is -0.462. The van der Waals surface area contributed by atoms with Crippen molar-refractivity contribution in [2.24, 2.45) is 5.73 Å². The maximum absolute atomic E-state index is 11.9. The van der Waals surface area contributed by atoms with E-state index in [4.69, 9.17) is 10.3 Å². The van der Waals surface area contributed by atoms with Gasteiger partial charge in [-0.05, 0) is 19.8 Å². The monoisotopic (exact) mass is 336 g/mol. The average Bonchev–Trinajstić information content (AvgIpc) is 3.14. The van der Waals surface area contributed by atoms with Gasteiger partial charge in [-0.15, -0.1) is 10.2 Å². The topological polar surface area (TPSA) is 129 Å². The summed E-state index contributed by atoms with van der Waals surface area (Å²) in [6, 6.07) is 1.63. The van der Waals surface area contributed by atoms with E-state index in [2.05, 4.69) is 20.7 Å². The number of aryl methyl sites for hydroxylation is 1. The van der Waals surface area contributed by atoms with Crippen LogP contribution in [-0.2, 0) is 16.1 Å². The van der Waals surface area contributed by atoms with Gasteiger partial charge in [-0.1, -0.05) is 16.9 Å². The van der Waals surface area contributed by atoms with E-state index >= 15 is 0 Å². The molecule has 0 saturated heterocycles. The van der Waals surface area contributed by atoms with Crippen molar-refractivity contribution < 1.29 is 14.1 Å². The second-order valence-electron chi connectivity index (χ2n) is 5.33. The van der Waals surface area contributed by atoms with Gasteiger partial charge in [0, 0.05) is 12.0 Å². The number of carbonyl (C=O) groups excluding carboxylic acids is 2. The van der Waals surface area contributed by atoms with Gasteiger partial charge in [0.05, 0.1) is 5.75 Å². The zero-order chi connectivity index (χ0) is 16.4. The van der Waals surface area contributed by atoms with Crippen molar-refractivity contribution in [3.8, 4) is 0 Å². The summed E-state index contributed by atoms with van der Waals surface area (Å²) in [6.45, 7) is 1.76. The highest BCUT2D eigenvalue weighted by Gasteiger charge is 2.31. The third kappa shape index (κ3) is 3.89. The van der Waals surface area contributed by atoms with Gasteiger partial charge in [-0.2, -0.15) is 0 Å². The highest BCUT2D eigenvalue weighted by Crippen LogP contribution is 2.39. The highest BCUT2D eigenvalue weighted by molar-refractivity contribution is 7.99. The number of amides is 2. The van der Waals surface area contributed by atoms with Gasteiger partial charge in [0.2, 0.25) is 11.8 Å². The van der Waals surface area contributed by atoms with Crippen LogP contribution < -0.4 is 11.1 Å². The molecular formula is C13H16N6O3S. The fourth-order valence-electron chi connectivity index (χ4n) is 2.09. The minimum absolute atomic E-state index is 0.0191. The number of nitrogens with two attached hydrogens (primary N) is 1. The van der Waals surface area contributed by atoms with Crippen LogP contribution in [0.4, 0.5) is 5.82 Å². The Morgan fingerprint density at radius 1 is 1.48 bits per heavy atom. The van der Waals surface area contributed by atoms with Crippen molar-refractivity contribution in [1.29, 1.82) is 0 Å². The Morgan fingerprint density at radius 2 is 2.26 bits per heavy atom. The molecule has 1 aliphatic rings. The maximum atomic E-state index is 11.9. The molecule has 2 aromatic heterocycles. The van der Waals surface area contributed by atoms with E-state index in [0.717, 1.165) is 18.7 Å². The van der Waals surface area contributed by atoms with Crippen LogP contribution in [0, 0.1) is 6.92 Å². The largest absolute Gasteiger partial charge is 0.368 e. The molecule has 0 radical (unpaired) electrons. The number of hydrogen-bond acceptors (Lipinski definition) is 7. The quantitative estimate of drug-likeness (QED) is 0.711. The van der Waals surface area contributed by atoms with Crippen molar-refractivity contribution in [2.45, 2.75) is 37.4 Å². The van der Waals surface area contributed by atoms with Gasteiger partial charge in [-0.3, -0.25) is 14.2 Å². The number of primary amides is 1. The van der Waals surface area contributed by atoms with E-state index in [9.17, 15) is 9.59 Å². The molecule has 0 atom stereocenters. The summed E-state index contributed by atoms with van der Waals surface area (Å²) in [6.07, 6.45) is 2.07. The third-order valence-electron chi connectivity index (χ3n) is 3.23. The van der Waals surface area contributed by atoms with Gasteiger partial charge in [0.15, 0.2) is 11.0 Å². The second kappa shape index (κ2) is 6.41. The first-order valence-electron chi connectivity index (χ1n) is 7.10. The van der Waals surface area contributed by atoms with Crippen molar-refractivity contribution >= 4 is 29.4 Å². The normalized spacial score (nSPS) is 14.0. The molecule has 23 heavy (non-hydrogen) atoms. The molecule has 2 heterocycles.